The summed E-state index contributed by atoms with van der Waals surface area (Å²) in [5, 5.41) is 9.55. The number of carboxylic acids is 1. The third kappa shape index (κ3) is 3.63. The zero-order chi connectivity index (χ0) is 18.0. The third-order valence-corrected chi connectivity index (χ3v) is 5.49. The minimum atomic E-state index is -2.41. The van der Waals surface area contributed by atoms with Gasteiger partial charge in [0.25, 0.3) is 11.3 Å². The quantitative estimate of drug-likeness (QED) is 0.636. The molecule has 0 aliphatic carbocycles. The number of benzene rings is 2. The molecule has 25 heavy (non-hydrogen) atoms. The molecule has 1 heterocycles. The van der Waals surface area contributed by atoms with Gasteiger partial charge in [-0.25, -0.2) is 13.3 Å². The van der Waals surface area contributed by atoms with Crippen LogP contribution in [0.3, 0.4) is 0 Å². The molecule has 0 radical (unpaired) electrons. The molecule has 128 valence electrons. The molecule has 0 fully saturated rings. The molecular formula is C18H15NO4S2. The van der Waals surface area contributed by atoms with Crippen LogP contribution in [-0.4, -0.2) is 19.8 Å². The van der Waals surface area contributed by atoms with E-state index in [4.69, 9.17) is 0 Å². The Morgan fingerprint density at radius 2 is 1.72 bits per heavy atom. The largest absolute Gasteiger partial charge is 0.477 e. The van der Waals surface area contributed by atoms with Crippen LogP contribution in [0.25, 0.3) is 10.4 Å². The number of anilines is 2. The van der Waals surface area contributed by atoms with Crippen LogP contribution in [0.5, 0.6) is 0 Å². The number of hydrogen-bond acceptors (Lipinski definition) is 3. The molecule has 7 heteroatoms. The van der Waals surface area contributed by atoms with E-state index in [1.54, 1.807) is 30.3 Å². The molecule has 2 N–H and O–H groups in total. The number of aryl methyl sites for hydroxylation is 1. The Hall–Kier alpha value is -2.48. The van der Waals surface area contributed by atoms with Crippen LogP contribution in [0.2, 0.25) is 0 Å². The van der Waals surface area contributed by atoms with Gasteiger partial charge >= 0.3 is 5.97 Å². The lowest BCUT2D eigenvalue weighted by molar-refractivity contribution is 0.0703. The van der Waals surface area contributed by atoms with E-state index in [1.807, 2.05) is 37.3 Å². The van der Waals surface area contributed by atoms with Gasteiger partial charge < -0.3 is 5.11 Å². The van der Waals surface area contributed by atoms with Crippen molar-refractivity contribution in [1.82, 2.24) is 0 Å². The molecule has 1 atom stereocenters. The second-order valence-electron chi connectivity index (χ2n) is 5.36. The number of carboxylic acid groups (broad SMARTS) is 1. The molecule has 0 aliphatic heterocycles. The topological polar surface area (TPSA) is 77.8 Å². The normalized spacial score (nSPS) is 11.9. The number of aromatic carboxylic acids is 1. The van der Waals surface area contributed by atoms with Crippen LogP contribution in [0.15, 0.2) is 60.7 Å². The Labute approximate surface area is 151 Å². The molecule has 3 rings (SSSR count). The Morgan fingerprint density at radius 1 is 1.08 bits per heavy atom. The molecule has 0 bridgehead atoms. The fourth-order valence-electron chi connectivity index (χ4n) is 2.42. The van der Waals surface area contributed by atoms with Crippen LogP contribution in [0, 0.1) is 6.92 Å². The maximum Gasteiger partial charge on any atom is 0.348 e. The Balaban J connectivity index is 2.15. The average molecular weight is 373 g/mol. The third-order valence-electron chi connectivity index (χ3n) is 3.61. The Bertz CT molecular complexity index is 920. The van der Waals surface area contributed by atoms with Gasteiger partial charge in [0.05, 0.1) is 11.4 Å². The van der Waals surface area contributed by atoms with Gasteiger partial charge in [-0.1, -0.05) is 48.0 Å². The summed E-state index contributed by atoms with van der Waals surface area (Å²) in [6, 6.07) is 18.0. The second kappa shape index (κ2) is 7.18. The Kier molecular flexibility index (Phi) is 4.98. The maximum atomic E-state index is 12.0. The molecule has 1 unspecified atom stereocenters. The zero-order valence-corrected chi connectivity index (χ0v) is 14.9. The van der Waals surface area contributed by atoms with E-state index in [1.165, 1.54) is 0 Å². The summed E-state index contributed by atoms with van der Waals surface area (Å²) in [5.41, 5.74) is 2.50. The van der Waals surface area contributed by atoms with Gasteiger partial charge in [-0.05, 0) is 30.7 Å². The van der Waals surface area contributed by atoms with E-state index in [0.717, 1.165) is 31.6 Å². The smallest absolute Gasteiger partial charge is 0.348 e. The van der Waals surface area contributed by atoms with E-state index in [9.17, 15) is 18.7 Å². The van der Waals surface area contributed by atoms with E-state index >= 15 is 0 Å². The molecule has 0 saturated carbocycles. The Morgan fingerprint density at radius 3 is 2.28 bits per heavy atom. The molecule has 2 aromatic carbocycles. The first-order valence-corrected chi connectivity index (χ1v) is 9.25. The van der Waals surface area contributed by atoms with Crippen molar-refractivity contribution in [2.45, 2.75) is 6.92 Å². The highest BCUT2D eigenvalue weighted by Gasteiger charge is 2.25. The van der Waals surface area contributed by atoms with E-state index in [2.05, 4.69) is 0 Å². The first kappa shape index (κ1) is 17.3. The summed E-state index contributed by atoms with van der Waals surface area (Å²) in [6.45, 7) is 1.91. The minimum absolute atomic E-state index is 0.0156. The summed E-state index contributed by atoms with van der Waals surface area (Å²) in [6.07, 6.45) is 0. The first-order valence-electron chi connectivity index (χ1n) is 7.37. The second-order valence-corrected chi connectivity index (χ2v) is 7.24. The first-order chi connectivity index (χ1) is 12.0. The number of nitrogens with zero attached hydrogens (tertiary/aromatic N) is 1. The van der Waals surface area contributed by atoms with Crippen LogP contribution in [0.1, 0.15) is 15.2 Å². The van der Waals surface area contributed by atoms with Crippen molar-refractivity contribution in [2.24, 2.45) is 0 Å². The zero-order valence-electron chi connectivity index (χ0n) is 13.2. The predicted octanol–water partition coefficient (Wildman–Crippen LogP) is 4.70. The molecular weight excluding hydrogens is 358 g/mol. The van der Waals surface area contributed by atoms with Crippen molar-refractivity contribution in [3.63, 3.8) is 0 Å². The van der Waals surface area contributed by atoms with Gasteiger partial charge in [-0.15, -0.1) is 11.3 Å². The van der Waals surface area contributed by atoms with Crippen molar-refractivity contribution in [2.75, 3.05) is 4.31 Å². The number of hydrogen-bond donors (Lipinski definition) is 2. The van der Waals surface area contributed by atoms with Crippen molar-refractivity contribution in [3.05, 3.63) is 71.1 Å². The van der Waals surface area contributed by atoms with E-state index < -0.39 is 17.2 Å². The lowest BCUT2D eigenvalue weighted by atomic mass is 10.2. The predicted molar refractivity (Wildman–Crippen MR) is 101 cm³/mol. The van der Waals surface area contributed by atoms with Gasteiger partial charge in [0.2, 0.25) is 0 Å². The number of carbonyl (C=O) groups is 1. The fraction of sp³-hybridized carbons (Fsp3) is 0.0556. The summed E-state index contributed by atoms with van der Waals surface area (Å²) >= 11 is -1.33. The number of thiophene rings is 1. The molecule has 3 aromatic rings. The standard InChI is InChI=1S/C18H15NO4S2/c1-12-7-9-14(10-8-12)19(25(22)23)15-11-16(24-17(15)18(20)21)13-5-3-2-4-6-13/h2-11H,1H3,(H,20,21)(H,22,23). The van der Waals surface area contributed by atoms with Gasteiger partial charge in [0, 0.05) is 4.88 Å². The minimum Gasteiger partial charge on any atom is -0.477 e. The lowest BCUT2D eigenvalue weighted by Gasteiger charge is -2.19. The van der Waals surface area contributed by atoms with E-state index in [0.29, 0.717) is 5.69 Å². The van der Waals surface area contributed by atoms with Gasteiger partial charge in [-0.3, -0.25) is 4.55 Å². The summed E-state index contributed by atoms with van der Waals surface area (Å²) < 4.78 is 22.9. The highest BCUT2D eigenvalue weighted by Crippen LogP contribution is 2.40. The van der Waals surface area contributed by atoms with Gasteiger partial charge in [0.15, 0.2) is 0 Å². The van der Waals surface area contributed by atoms with Gasteiger partial charge in [0.1, 0.15) is 4.88 Å². The lowest BCUT2D eigenvalue weighted by Crippen LogP contribution is -2.20. The summed E-state index contributed by atoms with van der Waals surface area (Å²) in [5.74, 6) is -1.13. The van der Waals surface area contributed by atoms with Crippen molar-refractivity contribution >= 4 is 39.9 Å². The van der Waals surface area contributed by atoms with E-state index in [-0.39, 0.29) is 10.6 Å². The molecule has 0 saturated heterocycles. The number of rotatable bonds is 5. The fourth-order valence-corrected chi connectivity index (χ4v) is 4.08. The molecule has 5 nitrogen and oxygen atoms in total. The van der Waals surface area contributed by atoms with Crippen molar-refractivity contribution in [1.29, 1.82) is 0 Å². The van der Waals surface area contributed by atoms with Crippen LogP contribution < -0.4 is 4.31 Å². The highest BCUT2D eigenvalue weighted by molar-refractivity contribution is 7.81. The molecule has 0 amide bonds. The molecule has 1 aromatic heterocycles. The summed E-state index contributed by atoms with van der Waals surface area (Å²) in [7, 11) is 0. The maximum absolute atomic E-state index is 12.0. The van der Waals surface area contributed by atoms with Crippen LogP contribution in [0.4, 0.5) is 11.4 Å². The van der Waals surface area contributed by atoms with Crippen LogP contribution in [-0.2, 0) is 11.3 Å². The SMILES string of the molecule is Cc1ccc(N(c2cc(-c3ccccc3)sc2C(=O)O)S(=O)O)cc1. The van der Waals surface area contributed by atoms with Crippen molar-refractivity contribution < 1.29 is 18.7 Å². The van der Waals surface area contributed by atoms with Gasteiger partial charge in [-0.2, -0.15) is 0 Å². The monoisotopic (exact) mass is 373 g/mol. The molecule has 0 aliphatic rings. The molecule has 0 spiro atoms. The summed E-state index contributed by atoms with van der Waals surface area (Å²) in [4.78, 5) is 12.4. The average Bonchev–Trinajstić information content (AvgIpc) is 3.02. The van der Waals surface area contributed by atoms with Crippen LogP contribution >= 0.6 is 11.3 Å². The highest BCUT2D eigenvalue weighted by atomic mass is 32.2. The van der Waals surface area contributed by atoms with Crippen molar-refractivity contribution in [3.8, 4) is 10.4 Å².